The third-order valence-electron chi connectivity index (χ3n) is 4.68. The van der Waals surface area contributed by atoms with Gasteiger partial charge < -0.3 is 4.90 Å². The van der Waals surface area contributed by atoms with E-state index in [4.69, 9.17) is 0 Å². The van der Waals surface area contributed by atoms with Crippen molar-refractivity contribution in [3.05, 3.63) is 52.4 Å². The van der Waals surface area contributed by atoms with Gasteiger partial charge in [0.05, 0.1) is 29.1 Å². The summed E-state index contributed by atoms with van der Waals surface area (Å²) in [5.74, 6) is 1.91. The fourth-order valence-corrected chi connectivity index (χ4v) is 3.28. The van der Waals surface area contributed by atoms with E-state index < -0.39 is 0 Å². The Morgan fingerprint density at radius 3 is 2.85 bits per heavy atom. The second-order valence-electron chi connectivity index (χ2n) is 6.46. The van der Waals surface area contributed by atoms with Gasteiger partial charge in [-0.15, -0.1) is 0 Å². The highest BCUT2D eigenvalue weighted by Crippen LogP contribution is 2.31. The summed E-state index contributed by atoms with van der Waals surface area (Å²) in [5.41, 5.74) is 3.14. The minimum absolute atomic E-state index is 0.0920. The van der Waals surface area contributed by atoms with Crippen molar-refractivity contribution in [2.24, 2.45) is 0 Å². The second kappa shape index (κ2) is 6.32. The van der Waals surface area contributed by atoms with E-state index in [1.165, 1.54) is 0 Å². The van der Waals surface area contributed by atoms with Crippen LogP contribution in [0.3, 0.4) is 0 Å². The van der Waals surface area contributed by atoms with Crippen molar-refractivity contribution in [2.75, 3.05) is 6.54 Å². The van der Waals surface area contributed by atoms with E-state index >= 15 is 0 Å². The molecule has 1 unspecified atom stereocenters. The number of rotatable bonds is 3. The first-order valence-corrected chi connectivity index (χ1v) is 8.59. The molecule has 0 aliphatic carbocycles. The van der Waals surface area contributed by atoms with E-state index in [1.54, 1.807) is 17.3 Å². The average Bonchev–Trinajstić information content (AvgIpc) is 3.29. The van der Waals surface area contributed by atoms with Crippen LogP contribution in [0.5, 0.6) is 0 Å². The molecular weight excluding hydrogens is 332 g/mol. The van der Waals surface area contributed by atoms with Crippen LogP contribution in [-0.2, 0) is 13.0 Å². The Kier molecular flexibility index (Phi) is 3.98. The Morgan fingerprint density at radius 1 is 1.27 bits per heavy atom. The van der Waals surface area contributed by atoms with Gasteiger partial charge in [0, 0.05) is 31.3 Å². The molecule has 1 aliphatic heterocycles. The predicted octanol–water partition coefficient (Wildman–Crippen LogP) is 1.28. The number of aromatic nitrogens is 7. The van der Waals surface area contributed by atoms with Crippen LogP contribution in [0.2, 0.25) is 0 Å². The van der Waals surface area contributed by atoms with Crippen molar-refractivity contribution in [1.29, 1.82) is 0 Å². The molecule has 1 aliphatic rings. The van der Waals surface area contributed by atoms with Crippen molar-refractivity contribution in [3.63, 3.8) is 0 Å². The van der Waals surface area contributed by atoms with Gasteiger partial charge in [0.2, 0.25) is 0 Å². The van der Waals surface area contributed by atoms with E-state index in [-0.39, 0.29) is 11.8 Å². The zero-order valence-corrected chi connectivity index (χ0v) is 14.9. The van der Waals surface area contributed by atoms with Gasteiger partial charge in [-0.05, 0) is 13.8 Å². The maximum Gasteiger partial charge on any atom is 0.257 e. The first kappa shape index (κ1) is 16.4. The van der Waals surface area contributed by atoms with Crippen LogP contribution < -0.4 is 0 Å². The van der Waals surface area contributed by atoms with E-state index in [9.17, 15) is 4.79 Å². The smallest absolute Gasteiger partial charge is 0.257 e. The Balaban J connectivity index is 1.68. The molecule has 3 aromatic heterocycles. The Hall–Kier alpha value is -3.10. The largest absolute Gasteiger partial charge is 0.333 e. The summed E-state index contributed by atoms with van der Waals surface area (Å²) in [4.78, 5) is 27.9. The number of fused-ring (bicyclic) bond motifs is 1. The van der Waals surface area contributed by atoms with Gasteiger partial charge in [0.25, 0.3) is 5.91 Å². The van der Waals surface area contributed by atoms with Gasteiger partial charge in [0.15, 0.2) is 5.82 Å². The lowest BCUT2D eigenvalue weighted by Crippen LogP contribution is -2.39. The number of hydrogen-bond donors (Lipinski definition) is 2. The molecule has 26 heavy (non-hydrogen) atoms. The monoisotopic (exact) mass is 352 g/mol. The van der Waals surface area contributed by atoms with Crippen LogP contribution in [0.1, 0.15) is 57.6 Å². The zero-order chi connectivity index (χ0) is 18.3. The van der Waals surface area contributed by atoms with Gasteiger partial charge >= 0.3 is 0 Å². The lowest BCUT2D eigenvalue weighted by Gasteiger charge is -2.31. The molecule has 0 saturated carbocycles. The molecule has 9 nitrogen and oxygen atoms in total. The maximum absolute atomic E-state index is 13.1. The summed E-state index contributed by atoms with van der Waals surface area (Å²) in [6.45, 7) is 6.62. The lowest BCUT2D eigenvalue weighted by molar-refractivity contribution is 0.0721. The molecule has 9 heteroatoms. The highest BCUT2D eigenvalue weighted by Gasteiger charge is 2.34. The number of amides is 1. The summed E-state index contributed by atoms with van der Waals surface area (Å²) in [6.07, 6.45) is 4.13. The topological polar surface area (TPSA) is 116 Å². The molecule has 0 radical (unpaired) electrons. The minimum atomic E-state index is -0.145. The first-order chi connectivity index (χ1) is 12.6. The molecule has 0 saturated heterocycles. The van der Waals surface area contributed by atoms with Crippen LogP contribution in [0.25, 0.3) is 0 Å². The number of aryl methyl sites for hydroxylation is 3. The fourth-order valence-electron chi connectivity index (χ4n) is 3.28. The van der Waals surface area contributed by atoms with Gasteiger partial charge in [-0.3, -0.25) is 15.0 Å². The quantitative estimate of drug-likeness (QED) is 0.733. The summed E-state index contributed by atoms with van der Waals surface area (Å²) in [6, 6.07) is 0. The Bertz CT molecular complexity index is 959. The van der Waals surface area contributed by atoms with Gasteiger partial charge in [-0.2, -0.15) is 10.2 Å². The van der Waals surface area contributed by atoms with Gasteiger partial charge in [-0.25, -0.2) is 15.0 Å². The van der Waals surface area contributed by atoms with E-state index in [0.717, 1.165) is 23.5 Å². The van der Waals surface area contributed by atoms with E-state index in [2.05, 4.69) is 35.3 Å². The summed E-state index contributed by atoms with van der Waals surface area (Å²) < 4.78 is 0. The van der Waals surface area contributed by atoms with E-state index in [0.29, 0.717) is 36.0 Å². The van der Waals surface area contributed by atoms with Crippen LogP contribution >= 0.6 is 0 Å². The SMILES string of the molecule is CCc1nc(C2CN(C(=O)c3cnc(C)nc3C)Cc3cn[nH]c32)n[nH]1. The van der Waals surface area contributed by atoms with Gasteiger partial charge in [0.1, 0.15) is 11.6 Å². The average molecular weight is 352 g/mol. The third kappa shape index (κ3) is 2.75. The summed E-state index contributed by atoms with van der Waals surface area (Å²) in [7, 11) is 0. The van der Waals surface area contributed by atoms with Crippen LogP contribution in [0, 0.1) is 13.8 Å². The molecule has 4 heterocycles. The number of carbonyl (C=O) groups is 1. The third-order valence-corrected chi connectivity index (χ3v) is 4.68. The number of hydrogen-bond acceptors (Lipinski definition) is 6. The zero-order valence-electron chi connectivity index (χ0n) is 14.9. The number of nitrogens with one attached hydrogen (secondary N) is 2. The predicted molar refractivity (Wildman–Crippen MR) is 92.4 cm³/mol. The van der Waals surface area contributed by atoms with Crippen molar-refractivity contribution >= 4 is 5.91 Å². The summed E-state index contributed by atoms with van der Waals surface area (Å²) in [5, 5.41) is 14.5. The molecule has 4 rings (SSSR count). The lowest BCUT2D eigenvalue weighted by atomic mass is 9.95. The number of H-pyrrole nitrogens is 2. The Labute approximate surface area is 150 Å². The molecule has 3 aromatic rings. The van der Waals surface area contributed by atoms with Crippen LogP contribution in [0.15, 0.2) is 12.4 Å². The molecule has 2 N–H and O–H groups in total. The normalized spacial score (nSPS) is 16.6. The second-order valence-corrected chi connectivity index (χ2v) is 6.46. The molecule has 0 aromatic carbocycles. The molecular formula is C17H20N8O. The molecule has 0 fully saturated rings. The first-order valence-electron chi connectivity index (χ1n) is 8.59. The maximum atomic E-state index is 13.1. The van der Waals surface area contributed by atoms with Crippen LogP contribution in [0.4, 0.5) is 0 Å². The molecule has 1 amide bonds. The fraction of sp³-hybridized carbons (Fsp3) is 0.412. The Morgan fingerprint density at radius 2 is 2.12 bits per heavy atom. The molecule has 0 bridgehead atoms. The summed E-state index contributed by atoms with van der Waals surface area (Å²) >= 11 is 0. The standard InChI is InChI=1S/C17H20N8O/c1-4-14-21-16(24-22-14)13-8-25(7-11-5-19-23-15(11)13)17(26)12-6-18-10(3)20-9(12)2/h5-6,13H,4,7-8H2,1-3H3,(H,19,23)(H,21,22,24). The van der Waals surface area contributed by atoms with E-state index in [1.807, 2.05) is 20.8 Å². The minimum Gasteiger partial charge on any atom is -0.333 e. The van der Waals surface area contributed by atoms with Crippen molar-refractivity contribution in [3.8, 4) is 0 Å². The number of aromatic amines is 2. The molecule has 1 atom stereocenters. The number of carbonyl (C=O) groups excluding carboxylic acids is 1. The highest BCUT2D eigenvalue weighted by molar-refractivity contribution is 5.95. The van der Waals surface area contributed by atoms with Crippen molar-refractivity contribution in [1.82, 2.24) is 40.2 Å². The number of nitrogens with zero attached hydrogens (tertiary/aromatic N) is 6. The van der Waals surface area contributed by atoms with Gasteiger partial charge in [-0.1, -0.05) is 6.92 Å². The molecule has 134 valence electrons. The van der Waals surface area contributed by atoms with Crippen molar-refractivity contribution in [2.45, 2.75) is 39.7 Å². The molecule has 0 spiro atoms. The highest BCUT2D eigenvalue weighted by atomic mass is 16.2. The van der Waals surface area contributed by atoms with Crippen molar-refractivity contribution < 1.29 is 4.79 Å². The van der Waals surface area contributed by atoms with Crippen LogP contribution in [-0.4, -0.2) is 52.7 Å².